The van der Waals surface area contributed by atoms with E-state index in [9.17, 15) is 14.4 Å². The number of aromatic amines is 1. The summed E-state index contributed by atoms with van der Waals surface area (Å²) >= 11 is 0. The Morgan fingerprint density at radius 3 is 2.57 bits per heavy atom. The van der Waals surface area contributed by atoms with Crippen LogP contribution >= 0.6 is 0 Å². The summed E-state index contributed by atoms with van der Waals surface area (Å²) in [6.45, 7) is 0.714. The van der Waals surface area contributed by atoms with Crippen LogP contribution in [0.3, 0.4) is 0 Å². The average Bonchev–Trinajstić information content (AvgIpc) is 3.28. The molecule has 0 saturated heterocycles. The first-order chi connectivity index (χ1) is 14.5. The zero-order valence-corrected chi connectivity index (χ0v) is 16.6. The van der Waals surface area contributed by atoms with Crippen LogP contribution in [0, 0.1) is 0 Å². The summed E-state index contributed by atoms with van der Waals surface area (Å²) in [6.07, 6.45) is 3.25. The van der Waals surface area contributed by atoms with Crippen molar-refractivity contribution in [2.24, 2.45) is 0 Å². The van der Waals surface area contributed by atoms with Crippen molar-refractivity contribution in [3.05, 3.63) is 80.0 Å². The van der Waals surface area contributed by atoms with Gasteiger partial charge in [-0.15, -0.1) is 0 Å². The van der Waals surface area contributed by atoms with E-state index in [-0.39, 0.29) is 12.1 Å². The van der Waals surface area contributed by atoms with Gasteiger partial charge in [0.25, 0.3) is 11.5 Å². The second kappa shape index (κ2) is 7.94. The number of hydrogen-bond acceptors (Lipinski definition) is 6. The third-order valence-corrected chi connectivity index (χ3v) is 5.19. The van der Waals surface area contributed by atoms with Gasteiger partial charge < -0.3 is 23.8 Å². The summed E-state index contributed by atoms with van der Waals surface area (Å²) in [7, 11) is 3.13. The summed E-state index contributed by atoms with van der Waals surface area (Å²) in [5.41, 5.74) is 0.637. The van der Waals surface area contributed by atoms with Crippen LogP contribution in [0.25, 0.3) is 0 Å². The smallest absolute Gasteiger partial charge is 0.328 e. The molecule has 0 atom stereocenters. The lowest BCUT2D eigenvalue weighted by atomic mass is 9.98. The maximum Gasteiger partial charge on any atom is 0.328 e. The van der Waals surface area contributed by atoms with Crippen molar-refractivity contribution in [1.82, 2.24) is 14.5 Å². The molecule has 0 spiro atoms. The van der Waals surface area contributed by atoms with Crippen LogP contribution < -0.4 is 20.7 Å². The molecule has 30 heavy (non-hydrogen) atoms. The second-order valence-electron chi connectivity index (χ2n) is 6.93. The Labute approximate surface area is 171 Å². The van der Waals surface area contributed by atoms with E-state index < -0.39 is 17.2 Å². The van der Waals surface area contributed by atoms with Crippen molar-refractivity contribution >= 4 is 5.91 Å². The van der Waals surface area contributed by atoms with Gasteiger partial charge in [-0.05, 0) is 41.8 Å². The molecule has 156 valence electrons. The molecule has 4 rings (SSSR count). The van der Waals surface area contributed by atoms with E-state index in [0.717, 1.165) is 15.7 Å². The molecule has 0 radical (unpaired) electrons. The third kappa shape index (κ3) is 3.49. The SMILES string of the molecule is COc1cc2c(cc1OC)CN(C(=O)c1c[nH]c(=O)n(Cc3ccco3)c1=O)CC2. The molecule has 1 amide bonds. The minimum atomic E-state index is -0.654. The monoisotopic (exact) mass is 411 g/mol. The van der Waals surface area contributed by atoms with E-state index in [0.29, 0.717) is 36.8 Å². The Morgan fingerprint density at radius 1 is 1.17 bits per heavy atom. The predicted octanol–water partition coefficient (Wildman–Crippen LogP) is 1.39. The minimum absolute atomic E-state index is 0.0535. The molecule has 3 heterocycles. The number of hydrogen-bond donors (Lipinski definition) is 1. The largest absolute Gasteiger partial charge is 0.493 e. The number of methoxy groups -OCH3 is 2. The lowest BCUT2D eigenvalue weighted by Gasteiger charge is -2.29. The number of H-pyrrole nitrogens is 1. The highest BCUT2D eigenvalue weighted by molar-refractivity contribution is 5.93. The van der Waals surface area contributed by atoms with Crippen LogP contribution in [0.2, 0.25) is 0 Å². The standard InChI is InChI=1S/C21H21N3O6/c1-28-17-8-13-5-6-23(11-14(13)9-18(17)29-2)19(25)16-10-22-21(27)24(20(16)26)12-15-4-3-7-30-15/h3-4,7-10H,5-6,11-12H2,1-2H3,(H,22,27). The van der Waals surface area contributed by atoms with Gasteiger partial charge in [-0.25, -0.2) is 4.79 Å². The molecular weight excluding hydrogens is 390 g/mol. The van der Waals surface area contributed by atoms with Crippen molar-refractivity contribution in [3.63, 3.8) is 0 Å². The number of carbonyl (C=O) groups is 1. The molecule has 2 aromatic heterocycles. The van der Waals surface area contributed by atoms with Crippen molar-refractivity contribution < 1.29 is 18.7 Å². The summed E-state index contributed by atoms with van der Waals surface area (Å²) in [6, 6.07) is 7.07. The maximum absolute atomic E-state index is 13.1. The number of nitrogens with one attached hydrogen (secondary N) is 1. The number of fused-ring (bicyclic) bond motifs is 1. The molecule has 0 saturated carbocycles. The van der Waals surface area contributed by atoms with Gasteiger partial charge in [0.2, 0.25) is 0 Å². The summed E-state index contributed by atoms with van der Waals surface area (Å²) in [5.74, 6) is 1.22. The van der Waals surface area contributed by atoms with Gasteiger partial charge in [0, 0.05) is 19.3 Å². The fourth-order valence-electron chi connectivity index (χ4n) is 3.59. The molecule has 0 aliphatic carbocycles. The average molecular weight is 411 g/mol. The number of amides is 1. The topological polar surface area (TPSA) is 107 Å². The predicted molar refractivity (Wildman–Crippen MR) is 107 cm³/mol. The van der Waals surface area contributed by atoms with Crippen molar-refractivity contribution in [2.75, 3.05) is 20.8 Å². The Hall–Kier alpha value is -3.75. The Bertz CT molecular complexity index is 1190. The van der Waals surface area contributed by atoms with Crippen LogP contribution in [0.1, 0.15) is 27.2 Å². The van der Waals surface area contributed by atoms with Crippen LogP contribution in [0.5, 0.6) is 11.5 Å². The van der Waals surface area contributed by atoms with E-state index in [1.54, 1.807) is 31.3 Å². The molecule has 1 aliphatic rings. The van der Waals surface area contributed by atoms with Gasteiger partial charge in [0.05, 0.1) is 27.0 Å². The molecule has 9 heteroatoms. The van der Waals surface area contributed by atoms with E-state index in [1.165, 1.54) is 12.5 Å². The van der Waals surface area contributed by atoms with Gasteiger partial charge in [-0.1, -0.05) is 0 Å². The van der Waals surface area contributed by atoms with E-state index in [4.69, 9.17) is 13.9 Å². The first kappa shape index (κ1) is 19.6. The first-order valence-electron chi connectivity index (χ1n) is 9.39. The zero-order chi connectivity index (χ0) is 21.3. The number of nitrogens with zero attached hydrogens (tertiary/aromatic N) is 2. The number of benzene rings is 1. The number of rotatable bonds is 5. The van der Waals surface area contributed by atoms with Crippen LogP contribution in [-0.2, 0) is 19.5 Å². The van der Waals surface area contributed by atoms with Gasteiger partial charge in [0.1, 0.15) is 11.3 Å². The van der Waals surface area contributed by atoms with E-state index in [1.807, 2.05) is 12.1 Å². The van der Waals surface area contributed by atoms with Crippen molar-refractivity contribution in [3.8, 4) is 11.5 Å². The summed E-state index contributed by atoms with van der Waals surface area (Å²) in [4.78, 5) is 42.1. The van der Waals surface area contributed by atoms with Crippen molar-refractivity contribution in [1.29, 1.82) is 0 Å². The maximum atomic E-state index is 13.1. The highest BCUT2D eigenvalue weighted by Crippen LogP contribution is 2.33. The Morgan fingerprint density at radius 2 is 1.90 bits per heavy atom. The molecular formula is C21H21N3O6. The van der Waals surface area contributed by atoms with Gasteiger partial charge in [-0.2, -0.15) is 0 Å². The normalized spacial score (nSPS) is 13.1. The minimum Gasteiger partial charge on any atom is -0.493 e. The molecule has 1 aliphatic heterocycles. The molecule has 0 bridgehead atoms. The molecule has 9 nitrogen and oxygen atoms in total. The summed E-state index contributed by atoms with van der Waals surface area (Å²) in [5, 5.41) is 0. The molecule has 3 aromatic rings. The number of aromatic nitrogens is 2. The highest BCUT2D eigenvalue weighted by Gasteiger charge is 2.26. The van der Waals surface area contributed by atoms with Gasteiger partial charge in [0.15, 0.2) is 11.5 Å². The fraction of sp³-hybridized carbons (Fsp3) is 0.286. The first-order valence-corrected chi connectivity index (χ1v) is 9.39. The Balaban J connectivity index is 1.63. The number of furan rings is 1. The Kier molecular flexibility index (Phi) is 5.18. The molecule has 0 fully saturated rings. The van der Waals surface area contributed by atoms with Gasteiger partial charge in [-0.3, -0.25) is 14.2 Å². The van der Waals surface area contributed by atoms with Crippen LogP contribution in [0.15, 0.2) is 50.7 Å². The third-order valence-electron chi connectivity index (χ3n) is 5.19. The second-order valence-corrected chi connectivity index (χ2v) is 6.93. The van der Waals surface area contributed by atoms with Crippen LogP contribution in [0.4, 0.5) is 0 Å². The molecule has 0 unspecified atom stereocenters. The highest BCUT2D eigenvalue weighted by atomic mass is 16.5. The van der Waals surface area contributed by atoms with E-state index >= 15 is 0 Å². The lowest BCUT2D eigenvalue weighted by molar-refractivity contribution is 0.0731. The zero-order valence-electron chi connectivity index (χ0n) is 16.6. The van der Waals surface area contributed by atoms with Gasteiger partial charge >= 0.3 is 5.69 Å². The summed E-state index contributed by atoms with van der Waals surface area (Å²) < 4.78 is 16.9. The number of carbonyl (C=O) groups excluding carboxylic acids is 1. The number of ether oxygens (including phenoxy) is 2. The lowest BCUT2D eigenvalue weighted by Crippen LogP contribution is -2.43. The molecule has 1 N–H and O–H groups in total. The van der Waals surface area contributed by atoms with Crippen LogP contribution in [-0.4, -0.2) is 41.1 Å². The molecule has 1 aromatic carbocycles. The fourth-order valence-corrected chi connectivity index (χ4v) is 3.59. The van der Waals surface area contributed by atoms with Crippen molar-refractivity contribution in [2.45, 2.75) is 19.5 Å². The van der Waals surface area contributed by atoms with E-state index in [2.05, 4.69) is 4.98 Å². The quantitative estimate of drug-likeness (QED) is 0.680.